The van der Waals surface area contributed by atoms with Crippen molar-refractivity contribution in [2.45, 2.75) is 6.92 Å². The van der Waals surface area contributed by atoms with Crippen LogP contribution in [0.3, 0.4) is 0 Å². The fraction of sp³-hybridized carbons (Fsp3) is 0.222. The standard InChI is InChI=1S/C9H12N8O/c1-5-3-6(4-7(11-5)13-10)8(18)12-9-14-16-17(2)15-9/h3-4H,10H2,1-2H3,(H,11,13)(H,12,15,18). The molecule has 0 aliphatic carbocycles. The van der Waals surface area contributed by atoms with Gasteiger partial charge in [0.05, 0.1) is 7.05 Å². The lowest BCUT2D eigenvalue weighted by molar-refractivity contribution is 0.102. The molecule has 0 unspecified atom stereocenters. The fourth-order valence-electron chi connectivity index (χ4n) is 1.38. The van der Waals surface area contributed by atoms with Crippen LogP contribution < -0.4 is 16.6 Å². The molecule has 0 aliphatic heterocycles. The van der Waals surface area contributed by atoms with E-state index < -0.39 is 0 Å². The molecule has 94 valence electrons. The number of nitrogens with zero attached hydrogens (tertiary/aromatic N) is 5. The highest BCUT2D eigenvalue weighted by Crippen LogP contribution is 2.10. The molecule has 2 aromatic heterocycles. The Hall–Kier alpha value is -2.55. The summed E-state index contributed by atoms with van der Waals surface area (Å²) in [5.41, 5.74) is 3.47. The highest BCUT2D eigenvalue weighted by atomic mass is 16.1. The third-order valence-electron chi connectivity index (χ3n) is 2.10. The van der Waals surface area contributed by atoms with Gasteiger partial charge < -0.3 is 5.43 Å². The molecule has 0 aliphatic rings. The van der Waals surface area contributed by atoms with E-state index in [9.17, 15) is 4.79 Å². The zero-order chi connectivity index (χ0) is 13.1. The number of hydrazine groups is 1. The number of tetrazole rings is 1. The summed E-state index contributed by atoms with van der Waals surface area (Å²) in [5, 5.41) is 13.6. The van der Waals surface area contributed by atoms with Crippen molar-refractivity contribution in [1.29, 1.82) is 0 Å². The largest absolute Gasteiger partial charge is 0.308 e. The van der Waals surface area contributed by atoms with Crippen molar-refractivity contribution in [2.75, 3.05) is 10.7 Å². The molecule has 0 atom stereocenters. The normalized spacial score (nSPS) is 10.2. The summed E-state index contributed by atoms with van der Waals surface area (Å²) in [6.07, 6.45) is 0. The van der Waals surface area contributed by atoms with Crippen LogP contribution in [0.2, 0.25) is 0 Å². The molecule has 0 bridgehead atoms. The topological polar surface area (TPSA) is 124 Å². The van der Waals surface area contributed by atoms with Crippen LogP contribution in [0.15, 0.2) is 12.1 Å². The van der Waals surface area contributed by atoms with E-state index in [4.69, 9.17) is 5.84 Å². The molecule has 0 radical (unpaired) electrons. The van der Waals surface area contributed by atoms with Crippen LogP contribution in [0.5, 0.6) is 0 Å². The van der Waals surface area contributed by atoms with E-state index in [1.54, 1.807) is 20.0 Å². The second kappa shape index (κ2) is 4.75. The number of aromatic nitrogens is 5. The molecule has 9 heteroatoms. The minimum absolute atomic E-state index is 0.138. The molecular weight excluding hydrogens is 236 g/mol. The Bertz CT molecular complexity index is 578. The lowest BCUT2D eigenvalue weighted by Crippen LogP contribution is -2.16. The number of hydrogen-bond acceptors (Lipinski definition) is 7. The third kappa shape index (κ3) is 2.58. The number of carbonyl (C=O) groups is 1. The van der Waals surface area contributed by atoms with Gasteiger partial charge in [-0.15, -0.1) is 5.10 Å². The lowest BCUT2D eigenvalue weighted by Gasteiger charge is -2.05. The summed E-state index contributed by atoms with van der Waals surface area (Å²) in [6, 6.07) is 3.16. The van der Waals surface area contributed by atoms with Crippen molar-refractivity contribution in [3.05, 3.63) is 23.4 Å². The number of nitrogens with one attached hydrogen (secondary N) is 2. The Morgan fingerprint density at radius 2 is 2.22 bits per heavy atom. The Kier molecular flexibility index (Phi) is 3.15. The van der Waals surface area contributed by atoms with Crippen molar-refractivity contribution in [3.63, 3.8) is 0 Å². The van der Waals surface area contributed by atoms with Crippen molar-refractivity contribution in [2.24, 2.45) is 12.9 Å². The van der Waals surface area contributed by atoms with Gasteiger partial charge >= 0.3 is 0 Å². The van der Waals surface area contributed by atoms with Crippen LogP contribution in [0, 0.1) is 6.92 Å². The van der Waals surface area contributed by atoms with Crippen LogP contribution in [-0.4, -0.2) is 31.1 Å². The molecular formula is C9H12N8O. The Morgan fingerprint density at radius 1 is 1.44 bits per heavy atom. The molecule has 2 heterocycles. The zero-order valence-electron chi connectivity index (χ0n) is 9.88. The van der Waals surface area contributed by atoms with Crippen LogP contribution in [0.1, 0.15) is 16.1 Å². The van der Waals surface area contributed by atoms with Gasteiger partial charge in [-0.2, -0.15) is 4.80 Å². The second-order valence-electron chi connectivity index (χ2n) is 3.58. The molecule has 18 heavy (non-hydrogen) atoms. The summed E-state index contributed by atoms with van der Waals surface area (Å²) in [6.45, 7) is 1.76. The average molecular weight is 248 g/mol. The fourth-order valence-corrected chi connectivity index (χ4v) is 1.38. The van der Waals surface area contributed by atoms with Gasteiger partial charge in [0.1, 0.15) is 5.82 Å². The maximum atomic E-state index is 11.9. The van der Waals surface area contributed by atoms with Gasteiger partial charge in [-0.3, -0.25) is 10.1 Å². The average Bonchev–Trinajstić information content (AvgIpc) is 2.73. The predicted molar refractivity (Wildman–Crippen MR) is 63.5 cm³/mol. The lowest BCUT2D eigenvalue weighted by atomic mass is 10.2. The predicted octanol–water partition coefficient (Wildman–Crippen LogP) is -0.549. The molecule has 0 saturated carbocycles. The zero-order valence-corrected chi connectivity index (χ0v) is 9.88. The van der Waals surface area contributed by atoms with E-state index >= 15 is 0 Å². The first-order valence-corrected chi connectivity index (χ1v) is 5.09. The Balaban J connectivity index is 2.20. The molecule has 9 nitrogen and oxygen atoms in total. The number of hydrogen-bond donors (Lipinski definition) is 3. The number of rotatable bonds is 3. The molecule has 0 fully saturated rings. The SMILES string of the molecule is Cc1cc(C(=O)Nc2nnn(C)n2)cc(NN)n1. The number of anilines is 2. The molecule has 1 amide bonds. The first kappa shape index (κ1) is 11.9. The van der Waals surface area contributed by atoms with Crippen molar-refractivity contribution < 1.29 is 4.79 Å². The van der Waals surface area contributed by atoms with E-state index in [1.807, 2.05) is 0 Å². The van der Waals surface area contributed by atoms with Gasteiger partial charge in [0.25, 0.3) is 11.9 Å². The summed E-state index contributed by atoms with van der Waals surface area (Å²) in [5.74, 6) is 5.45. The highest BCUT2D eigenvalue weighted by molar-refractivity contribution is 6.03. The van der Waals surface area contributed by atoms with Gasteiger partial charge in [-0.1, -0.05) is 5.10 Å². The molecule has 4 N–H and O–H groups in total. The van der Waals surface area contributed by atoms with E-state index in [2.05, 4.69) is 31.1 Å². The molecule has 2 rings (SSSR count). The van der Waals surface area contributed by atoms with Crippen molar-refractivity contribution in [3.8, 4) is 0 Å². The van der Waals surface area contributed by atoms with Gasteiger partial charge in [0.2, 0.25) is 0 Å². The van der Waals surface area contributed by atoms with E-state index in [0.29, 0.717) is 17.1 Å². The van der Waals surface area contributed by atoms with Crippen LogP contribution in [-0.2, 0) is 7.05 Å². The summed E-state index contributed by atoms with van der Waals surface area (Å²) in [4.78, 5) is 17.3. The second-order valence-corrected chi connectivity index (χ2v) is 3.58. The van der Waals surface area contributed by atoms with Crippen LogP contribution >= 0.6 is 0 Å². The number of aryl methyl sites for hydroxylation is 2. The Labute approximate surface area is 102 Å². The molecule has 0 aromatic carbocycles. The number of pyridine rings is 1. The minimum atomic E-state index is -0.356. The van der Waals surface area contributed by atoms with Crippen LogP contribution in [0.25, 0.3) is 0 Å². The Morgan fingerprint density at radius 3 is 2.83 bits per heavy atom. The summed E-state index contributed by atoms with van der Waals surface area (Å²) < 4.78 is 0. The van der Waals surface area contributed by atoms with Crippen molar-refractivity contribution >= 4 is 17.7 Å². The van der Waals surface area contributed by atoms with Gasteiger partial charge in [-0.25, -0.2) is 10.8 Å². The quantitative estimate of drug-likeness (QED) is 0.491. The minimum Gasteiger partial charge on any atom is -0.308 e. The number of carbonyl (C=O) groups excluding carboxylic acids is 1. The van der Waals surface area contributed by atoms with E-state index in [1.165, 1.54) is 10.9 Å². The van der Waals surface area contributed by atoms with E-state index in [-0.39, 0.29) is 11.9 Å². The smallest absolute Gasteiger partial charge is 0.270 e. The van der Waals surface area contributed by atoms with Crippen molar-refractivity contribution in [1.82, 2.24) is 25.2 Å². The monoisotopic (exact) mass is 248 g/mol. The van der Waals surface area contributed by atoms with Crippen LogP contribution in [0.4, 0.5) is 11.8 Å². The summed E-state index contributed by atoms with van der Waals surface area (Å²) >= 11 is 0. The molecule has 2 aromatic rings. The number of nitrogens with two attached hydrogens (primary N) is 1. The number of amides is 1. The highest BCUT2D eigenvalue weighted by Gasteiger charge is 2.11. The van der Waals surface area contributed by atoms with Gasteiger partial charge in [-0.05, 0) is 24.3 Å². The maximum Gasteiger partial charge on any atom is 0.270 e. The maximum absolute atomic E-state index is 11.9. The third-order valence-corrected chi connectivity index (χ3v) is 2.10. The number of nitrogen functional groups attached to an aromatic ring is 1. The van der Waals surface area contributed by atoms with Gasteiger partial charge in [0, 0.05) is 11.3 Å². The molecule has 0 saturated heterocycles. The van der Waals surface area contributed by atoms with Gasteiger partial charge in [0.15, 0.2) is 0 Å². The first-order valence-electron chi connectivity index (χ1n) is 5.09. The molecule has 0 spiro atoms. The van der Waals surface area contributed by atoms with E-state index in [0.717, 1.165) is 0 Å². The first-order chi connectivity index (χ1) is 8.58. The summed E-state index contributed by atoms with van der Waals surface area (Å²) in [7, 11) is 1.61.